The third-order valence-electron chi connectivity index (χ3n) is 5.19. The predicted octanol–water partition coefficient (Wildman–Crippen LogP) is 2.95. The number of hydrazone groups is 1. The Morgan fingerprint density at radius 2 is 2.13 bits per heavy atom. The van der Waals surface area contributed by atoms with Gasteiger partial charge in [-0.3, -0.25) is 4.90 Å². The van der Waals surface area contributed by atoms with Gasteiger partial charge in [0, 0.05) is 5.92 Å². The molecule has 6 heteroatoms. The Kier molecular flexibility index (Phi) is 3.97. The Hall–Kier alpha value is -1.27. The Bertz CT molecular complexity index is 641. The molecule has 0 spiro atoms. The van der Waals surface area contributed by atoms with Crippen LogP contribution in [0.3, 0.4) is 0 Å². The Morgan fingerprint density at radius 3 is 2.83 bits per heavy atom. The molecule has 4 aliphatic heterocycles. The molecule has 0 radical (unpaired) electrons. The van der Waals surface area contributed by atoms with Crippen molar-refractivity contribution in [2.24, 2.45) is 11.0 Å². The van der Waals surface area contributed by atoms with Gasteiger partial charge in [-0.15, -0.1) is 0 Å². The van der Waals surface area contributed by atoms with E-state index in [1.807, 2.05) is 6.92 Å². The zero-order chi connectivity index (χ0) is 16.0. The summed E-state index contributed by atoms with van der Waals surface area (Å²) in [6.45, 7) is 4.95. The average molecular weight is 380 g/mol. The van der Waals surface area contributed by atoms with Crippen molar-refractivity contribution in [2.45, 2.75) is 31.8 Å². The summed E-state index contributed by atoms with van der Waals surface area (Å²) >= 11 is 3.63. The van der Waals surface area contributed by atoms with Gasteiger partial charge in [0.25, 0.3) is 0 Å². The first kappa shape index (κ1) is 15.3. The third kappa shape index (κ3) is 2.43. The Balaban J connectivity index is 1.68. The summed E-state index contributed by atoms with van der Waals surface area (Å²) in [5, 5.41) is 4.68. The summed E-state index contributed by atoms with van der Waals surface area (Å²) in [6.07, 6.45) is 2.50. The Morgan fingerprint density at radius 1 is 1.35 bits per heavy atom. The molecule has 4 aliphatic rings. The second kappa shape index (κ2) is 5.98. The molecule has 124 valence electrons. The van der Waals surface area contributed by atoms with E-state index in [1.165, 1.54) is 37.2 Å². The van der Waals surface area contributed by atoms with Crippen LogP contribution in [0.15, 0.2) is 21.7 Å². The standard InChI is InChI=1S/C17H22BrN3O2/c1-3-23-17-12(18)8-11(9-13(17)22-2)15-16-14(19-20-15)10-4-6-21(16)7-5-10/h8-10,15-16,20H,3-7H2,1-2H3. The average Bonchev–Trinajstić information content (AvgIpc) is 3.05. The number of ether oxygens (including phenoxy) is 2. The molecule has 0 saturated carbocycles. The van der Waals surface area contributed by atoms with Crippen LogP contribution in [0.5, 0.6) is 11.5 Å². The van der Waals surface area contributed by atoms with Crippen LogP contribution in [0.4, 0.5) is 0 Å². The number of fused-ring (bicyclic) bond motifs is 2. The molecule has 5 nitrogen and oxygen atoms in total. The maximum Gasteiger partial charge on any atom is 0.175 e. The molecule has 1 aromatic rings. The summed E-state index contributed by atoms with van der Waals surface area (Å²) < 4.78 is 12.2. The molecule has 2 bridgehead atoms. The van der Waals surface area contributed by atoms with Crippen molar-refractivity contribution in [3.05, 3.63) is 22.2 Å². The SMILES string of the molecule is CCOc1c(Br)cc(C2NN=C3C4CCN(CC4)C32)cc1OC. The Labute approximate surface area is 145 Å². The van der Waals surface area contributed by atoms with Crippen molar-refractivity contribution in [3.63, 3.8) is 0 Å². The van der Waals surface area contributed by atoms with E-state index in [2.05, 4.69) is 43.5 Å². The number of rotatable bonds is 4. The largest absolute Gasteiger partial charge is 0.493 e. The van der Waals surface area contributed by atoms with Gasteiger partial charge >= 0.3 is 0 Å². The highest BCUT2D eigenvalue weighted by atomic mass is 79.9. The summed E-state index contributed by atoms with van der Waals surface area (Å²) in [4.78, 5) is 2.57. The van der Waals surface area contributed by atoms with E-state index in [0.717, 1.165) is 16.0 Å². The molecular weight excluding hydrogens is 358 g/mol. The summed E-state index contributed by atoms with van der Waals surface area (Å²) in [5.41, 5.74) is 5.91. The molecule has 0 aliphatic carbocycles. The topological polar surface area (TPSA) is 46.1 Å². The number of hydrogen-bond acceptors (Lipinski definition) is 5. The predicted molar refractivity (Wildman–Crippen MR) is 93.3 cm³/mol. The number of nitrogens with zero attached hydrogens (tertiary/aromatic N) is 2. The zero-order valence-electron chi connectivity index (χ0n) is 13.5. The smallest absolute Gasteiger partial charge is 0.175 e. The first-order valence-electron chi connectivity index (χ1n) is 8.30. The molecule has 1 N–H and O–H groups in total. The highest BCUT2D eigenvalue weighted by Crippen LogP contribution is 2.43. The second-order valence-corrected chi connectivity index (χ2v) is 7.22. The van der Waals surface area contributed by atoms with E-state index in [9.17, 15) is 0 Å². The summed E-state index contributed by atoms with van der Waals surface area (Å²) in [5.74, 6) is 2.20. The van der Waals surface area contributed by atoms with Crippen LogP contribution in [0, 0.1) is 5.92 Å². The van der Waals surface area contributed by atoms with Crippen LogP contribution in [0.2, 0.25) is 0 Å². The van der Waals surface area contributed by atoms with Gasteiger partial charge in [-0.2, -0.15) is 5.10 Å². The second-order valence-electron chi connectivity index (χ2n) is 6.37. The molecule has 3 fully saturated rings. The first-order valence-corrected chi connectivity index (χ1v) is 9.09. The van der Waals surface area contributed by atoms with Gasteiger partial charge in [0.05, 0.1) is 36.0 Å². The van der Waals surface area contributed by atoms with Crippen LogP contribution in [-0.2, 0) is 0 Å². The van der Waals surface area contributed by atoms with Crippen LogP contribution in [-0.4, -0.2) is 43.5 Å². The fourth-order valence-electron chi connectivity index (χ4n) is 4.12. The van der Waals surface area contributed by atoms with Gasteiger partial charge in [-0.25, -0.2) is 0 Å². The van der Waals surface area contributed by atoms with E-state index < -0.39 is 0 Å². The minimum atomic E-state index is 0.189. The minimum absolute atomic E-state index is 0.189. The quantitative estimate of drug-likeness (QED) is 0.873. The van der Waals surface area contributed by atoms with Crippen LogP contribution >= 0.6 is 15.9 Å². The van der Waals surface area contributed by atoms with E-state index in [0.29, 0.717) is 18.6 Å². The molecule has 0 aromatic heterocycles. The van der Waals surface area contributed by atoms with Crippen molar-refractivity contribution in [3.8, 4) is 11.5 Å². The molecule has 0 amide bonds. The lowest BCUT2D eigenvalue weighted by Crippen LogP contribution is -2.56. The van der Waals surface area contributed by atoms with Gasteiger partial charge in [-0.1, -0.05) is 0 Å². The highest BCUT2D eigenvalue weighted by Gasteiger charge is 2.46. The van der Waals surface area contributed by atoms with Crippen molar-refractivity contribution < 1.29 is 9.47 Å². The van der Waals surface area contributed by atoms with Gasteiger partial charge in [0.15, 0.2) is 11.5 Å². The van der Waals surface area contributed by atoms with Gasteiger partial charge in [0.2, 0.25) is 0 Å². The van der Waals surface area contributed by atoms with Crippen molar-refractivity contribution >= 4 is 21.6 Å². The zero-order valence-corrected chi connectivity index (χ0v) is 15.1. The van der Waals surface area contributed by atoms with Gasteiger partial charge in [-0.05, 0) is 66.5 Å². The summed E-state index contributed by atoms with van der Waals surface area (Å²) in [7, 11) is 1.68. The third-order valence-corrected chi connectivity index (χ3v) is 5.78. The molecule has 5 rings (SSSR count). The monoisotopic (exact) mass is 379 g/mol. The van der Waals surface area contributed by atoms with Gasteiger partial charge < -0.3 is 14.9 Å². The van der Waals surface area contributed by atoms with Crippen LogP contribution in [0.25, 0.3) is 0 Å². The van der Waals surface area contributed by atoms with E-state index in [-0.39, 0.29) is 6.04 Å². The van der Waals surface area contributed by atoms with Crippen molar-refractivity contribution in [1.82, 2.24) is 10.3 Å². The molecule has 23 heavy (non-hydrogen) atoms. The lowest BCUT2D eigenvalue weighted by molar-refractivity contribution is 0.133. The number of nitrogens with one attached hydrogen (secondary N) is 1. The fourth-order valence-corrected chi connectivity index (χ4v) is 4.69. The van der Waals surface area contributed by atoms with Gasteiger partial charge in [0.1, 0.15) is 0 Å². The molecular formula is C17H22BrN3O2. The first-order chi connectivity index (χ1) is 11.2. The van der Waals surface area contributed by atoms with E-state index in [1.54, 1.807) is 7.11 Å². The number of piperidine rings is 3. The van der Waals surface area contributed by atoms with Crippen LogP contribution < -0.4 is 14.9 Å². The van der Waals surface area contributed by atoms with E-state index >= 15 is 0 Å². The molecule has 2 unspecified atom stereocenters. The highest BCUT2D eigenvalue weighted by molar-refractivity contribution is 9.10. The normalized spacial score (nSPS) is 31.3. The molecule has 3 saturated heterocycles. The number of halogens is 1. The fraction of sp³-hybridized carbons (Fsp3) is 0.588. The minimum Gasteiger partial charge on any atom is -0.493 e. The molecule has 1 aromatic carbocycles. The number of methoxy groups -OCH3 is 1. The number of benzene rings is 1. The maximum atomic E-state index is 5.70. The van der Waals surface area contributed by atoms with Crippen molar-refractivity contribution in [2.75, 3.05) is 26.8 Å². The molecule has 2 atom stereocenters. The summed E-state index contributed by atoms with van der Waals surface area (Å²) in [6, 6.07) is 4.79. The van der Waals surface area contributed by atoms with Crippen molar-refractivity contribution in [1.29, 1.82) is 0 Å². The maximum absolute atomic E-state index is 5.70. The molecule has 4 heterocycles. The van der Waals surface area contributed by atoms with Crippen LogP contribution in [0.1, 0.15) is 31.4 Å². The lowest BCUT2D eigenvalue weighted by Gasteiger charge is -2.45. The lowest BCUT2D eigenvalue weighted by atomic mass is 9.78. The number of hydrogen-bond donors (Lipinski definition) is 1. The van der Waals surface area contributed by atoms with E-state index in [4.69, 9.17) is 9.47 Å².